The Hall–Kier alpha value is -2.22. The van der Waals surface area contributed by atoms with Gasteiger partial charge < -0.3 is 24.8 Å². The van der Waals surface area contributed by atoms with Gasteiger partial charge in [-0.2, -0.15) is 12.1 Å². The van der Waals surface area contributed by atoms with E-state index in [-0.39, 0.29) is 30.2 Å². The first kappa shape index (κ1) is 51.2. The zero-order valence-corrected chi connectivity index (χ0v) is 44.4. The van der Waals surface area contributed by atoms with Crippen LogP contribution in [0, 0.1) is 11.8 Å². The van der Waals surface area contributed by atoms with Crippen LogP contribution in [0.1, 0.15) is 175 Å². The predicted molar refractivity (Wildman–Crippen MR) is 269 cm³/mol. The minimum Gasteiger partial charge on any atom is -1.00 e. The molecule has 64 heavy (non-hydrogen) atoms. The van der Waals surface area contributed by atoms with E-state index in [2.05, 4.69) is 122 Å². The average Bonchev–Trinajstić information content (AvgIpc) is 3.69. The number of benzene rings is 4. The second kappa shape index (κ2) is 26.4. The van der Waals surface area contributed by atoms with Crippen molar-refractivity contribution in [2.75, 3.05) is 0 Å². The van der Waals surface area contributed by atoms with E-state index in [4.69, 9.17) is 0 Å². The van der Waals surface area contributed by atoms with Gasteiger partial charge in [-0.15, -0.1) is 69.1 Å². The van der Waals surface area contributed by atoms with E-state index in [1.807, 2.05) is 0 Å². The van der Waals surface area contributed by atoms with Crippen molar-refractivity contribution < 1.29 is 48.1 Å². The third-order valence-corrected chi connectivity index (χ3v) is 15.2. The summed E-state index contributed by atoms with van der Waals surface area (Å²) in [6, 6.07) is 42.7. The standard InChI is InChI=1S/2C29H35.C2H6Si.2ClH.Zr/c2*1-2-5-10-22(9-4-1)19-23-20-27-13-8-14-28(29(27)21-23)26-17-15-25(16-18-26)24-11-6-3-7-12-24;1-3-2;;;/h2*8,13-18,20-22,24H,1-7,9-12,19H2;1-2H3;2*1H;/q2*-1;;;;+2/p-2. The first-order chi connectivity index (χ1) is 30.5. The van der Waals surface area contributed by atoms with Crippen LogP contribution in [0.2, 0.25) is 13.1 Å². The van der Waals surface area contributed by atoms with Crippen LogP contribution in [0.4, 0.5) is 0 Å². The Morgan fingerprint density at radius 3 is 1.09 bits per heavy atom. The van der Waals surface area contributed by atoms with Crippen LogP contribution in [0.15, 0.2) is 109 Å². The van der Waals surface area contributed by atoms with Crippen LogP contribution >= 0.6 is 0 Å². The summed E-state index contributed by atoms with van der Waals surface area (Å²) < 4.78 is 0. The van der Waals surface area contributed by atoms with Gasteiger partial charge in [0, 0.05) is 0 Å². The molecule has 6 aromatic rings. The minimum absolute atomic E-state index is 0. The van der Waals surface area contributed by atoms with E-state index in [0.717, 1.165) is 23.7 Å². The van der Waals surface area contributed by atoms with Gasteiger partial charge >= 0.3 is 41.9 Å². The Morgan fingerprint density at radius 1 is 0.438 bits per heavy atom. The van der Waals surface area contributed by atoms with Crippen molar-refractivity contribution in [1.29, 1.82) is 0 Å². The molecule has 4 aliphatic rings. The van der Waals surface area contributed by atoms with E-state index in [0.29, 0.717) is 0 Å². The average molecular weight is 987 g/mol. The molecule has 0 N–H and O–H groups in total. The molecule has 4 heteroatoms. The fraction of sp³-hybridized carbons (Fsp3) is 0.500. The van der Waals surface area contributed by atoms with Crippen molar-refractivity contribution >= 4 is 27.0 Å². The molecular formula is C60H76Cl2SiZr-2. The second-order valence-corrected chi connectivity index (χ2v) is 29.8. The Kier molecular flexibility index (Phi) is 21.1. The van der Waals surface area contributed by atoms with Gasteiger partial charge in [-0.3, -0.25) is 0 Å². The number of hydrogen-bond donors (Lipinski definition) is 0. The first-order valence-electron chi connectivity index (χ1n) is 25.6. The summed E-state index contributed by atoms with van der Waals surface area (Å²) in [7, 11) is 0. The van der Waals surface area contributed by atoms with Crippen molar-refractivity contribution in [1.82, 2.24) is 0 Å². The maximum Gasteiger partial charge on any atom is -0.0162 e. The predicted octanol–water partition coefficient (Wildman–Crippen LogP) is 12.4. The van der Waals surface area contributed by atoms with Crippen molar-refractivity contribution in [3.05, 3.63) is 131 Å². The number of fused-ring (bicyclic) bond motifs is 2. The summed E-state index contributed by atoms with van der Waals surface area (Å²) in [5, 5.41) is 5.73. The van der Waals surface area contributed by atoms with Crippen LogP contribution in [0.3, 0.4) is 0 Å². The molecule has 340 valence electrons. The minimum atomic E-state index is 0. The molecule has 0 amide bonds. The van der Waals surface area contributed by atoms with E-state index < -0.39 is 0 Å². The summed E-state index contributed by atoms with van der Waals surface area (Å²) in [5.74, 6) is 3.37. The Bertz CT molecular complexity index is 2110. The quantitative estimate of drug-likeness (QED) is 0.0810. The van der Waals surface area contributed by atoms with E-state index in [9.17, 15) is 0 Å². The number of rotatable bonds is 8. The van der Waals surface area contributed by atoms with Crippen molar-refractivity contribution in [3.63, 3.8) is 0 Å². The summed E-state index contributed by atoms with van der Waals surface area (Å²) in [4.78, 5) is 0. The van der Waals surface area contributed by atoms with Gasteiger partial charge in [0.05, 0.1) is 0 Å². The molecule has 10 rings (SSSR count). The Morgan fingerprint density at radius 2 is 0.750 bits per heavy atom. The zero-order chi connectivity index (χ0) is 42.5. The Labute approximate surface area is 416 Å². The molecule has 0 aromatic heterocycles. The van der Waals surface area contributed by atoms with Crippen LogP contribution in [0.5, 0.6) is 0 Å². The topological polar surface area (TPSA) is 0 Å². The molecule has 0 atom stereocenters. The molecule has 0 radical (unpaired) electrons. The smallest absolute Gasteiger partial charge is 0.0162 e. The molecule has 0 unspecified atom stereocenters. The monoisotopic (exact) mass is 984 g/mol. The molecule has 0 nitrogen and oxygen atoms in total. The maximum absolute atomic E-state index is 2.49. The van der Waals surface area contributed by atoms with Crippen molar-refractivity contribution in [2.45, 2.75) is 179 Å². The summed E-state index contributed by atoms with van der Waals surface area (Å²) >= 11 is 1.74. The van der Waals surface area contributed by atoms with Crippen LogP contribution in [0.25, 0.3) is 43.8 Å². The molecule has 0 spiro atoms. The second-order valence-electron chi connectivity index (χ2n) is 20.4. The molecular weight excluding hydrogens is 911 g/mol. The molecule has 0 aliphatic heterocycles. The van der Waals surface area contributed by atoms with Crippen molar-refractivity contribution in [3.8, 4) is 22.3 Å². The van der Waals surface area contributed by atoms with E-state index in [1.165, 1.54) is 198 Å². The van der Waals surface area contributed by atoms with Gasteiger partial charge in [0.15, 0.2) is 0 Å². The van der Waals surface area contributed by atoms with Gasteiger partial charge in [0.1, 0.15) is 0 Å². The molecule has 0 bridgehead atoms. The fourth-order valence-corrected chi connectivity index (χ4v) is 11.9. The normalized spacial score (nSPS) is 18.1. The molecule has 0 saturated heterocycles. The van der Waals surface area contributed by atoms with Crippen LogP contribution in [-0.4, -0.2) is 5.43 Å². The maximum atomic E-state index is 2.49. The zero-order valence-electron chi connectivity index (χ0n) is 39.4. The van der Waals surface area contributed by atoms with Crippen LogP contribution < -0.4 is 24.8 Å². The van der Waals surface area contributed by atoms with Gasteiger partial charge in [0.2, 0.25) is 0 Å². The summed E-state index contributed by atoms with van der Waals surface area (Å²) in [6.07, 6.45) is 33.8. The SMILES string of the molecule is C[Si](C)=[Zr+2].[Cl-].[Cl-].c1cc(-c2ccc(C3CCCCC3)cc2)c2cc(CC3CCCCCC3)[cH-]c2c1.c1cc(-c2ccc(C3CCCCC3)cc2)c2cc(CC3CCCCCC3)[cH-]c2c1. The largest absolute Gasteiger partial charge is 1.00 e. The Balaban J connectivity index is 0.000000191. The fourth-order valence-electron chi connectivity index (χ4n) is 11.9. The van der Waals surface area contributed by atoms with Crippen molar-refractivity contribution in [2.24, 2.45) is 11.8 Å². The molecule has 6 aromatic carbocycles. The van der Waals surface area contributed by atoms with Gasteiger partial charge in [0.25, 0.3) is 0 Å². The third-order valence-electron chi connectivity index (χ3n) is 15.2. The van der Waals surface area contributed by atoms with E-state index in [1.54, 1.807) is 45.6 Å². The molecule has 4 saturated carbocycles. The van der Waals surface area contributed by atoms with Gasteiger partial charge in [-0.1, -0.05) is 187 Å². The summed E-state index contributed by atoms with van der Waals surface area (Å²) in [6.45, 7) is 4.62. The molecule has 0 heterocycles. The first-order valence-corrected chi connectivity index (χ1v) is 31.7. The third kappa shape index (κ3) is 14.4. The molecule has 4 aliphatic carbocycles. The molecule has 4 fully saturated rings. The van der Waals surface area contributed by atoms with Gasteiger partial charge in [-0.25, -0.2) is 0 Å². The van der Waals surface area contributed by atoms with Crippen LogP contribution in [-0.2, 0) is 36.2 Å². The van der Waals surface area contributed by atoms with E-state index >= 15 is 0 Å². The summed E-state index contributed by atoms with van der Waals surface area (Å²) in [5.41, 5.74) is 12.0. The number of hydrogen-bond acceptors (Lipinski definition) is 0. The number of halogens is 2. The van der Waals surface area contributed by atoms with Gasteiger partial charge in [-0.05, 0) is 84.5 Å².